The molecule has 4 rings (SSSR count). The van der Waals surface area contributed by atoms with Crippen LogP contribution in [0.15, 0.2) is 18.2 Å². The number of aliphatic hydroxyl groups is 1. The molecule has 0 radical (unpaired) electrons. The van der Waals surface area contributed by atoms with E-state index in [0.29, 0.717) is 37.5 Å². The molecule has 0 aromatic heterocycles. The number of amides is 2. The molecule has 2 aliphatic heterocycles. The summed E-state index contributed by atoms with van der Waals surface area (Å²) in [5.74, 6) is 0.304. The van der Waals surface area contributed by atoms with Gasteiger partial charge in [0.15, 0.2) is 0 Å². The van der Waals surface area contributed by atoms with Crippen molar-refractivity contribution in [3.63, 3.8) is 0 Å². The minimum Gasteiger partial charge on any atom is -0.378 e. The summed E-state index contributed by atoms with van der Waals surface area (Å²) in [4.78, 5) is 13.5. The predicted octanol–water partition coefficient (Wildman–Crippen LogP) is 2.83. The first-order chi connectivity index (χ1) is 12.7. The van der Waals surface area contributed by atoms with Crippen LogP contribution in [-0.4, -0.2) is 34.3 Å². The summed E-state index contributed by atoms with van der Waals surface area (Å²) >= 11 is 0. The lowest BCUT2D eigenvalue weighted by Gasteiger charge is -2.35. The van der Waals surface area contributed by atoms with Crippen LogP contribution in [0.3, 0.4) is 0 Å². The number of carbonyl (C=O) groups is 1. The molecule has 1 aromatic rings. The van der Waals surface area contributed by atoms with Crippen LogP contribution >= 0.6 is 0 Å². The highest BCUT2D eigenvalue weighted by Crippen LogP contribution is 2.44. The minimum atomic E-state index is -4.36. The van der Waals surface area contributed by atoms with Crippen molar-refractivity contribution in [1.29, 1.82) is 0 Å². The Kier molecular flexibility index (Phi) is 4.38. The zero-order chi connectivity index (χ0) is 19.4. The van der Waals surface area contributed by atoms with E-state index >= 15 is 0 Å². The normalized spacial score (nSPS) is 27.8. The number of benzene rings is 1. The summed E-state index contributed by atoms with van der Waals surface area (Å²) in [7, 11) is 0. The Balaban J connectivity index is 1.44. The summed E-state index contributed by atoms with van der Waals surface area (Å²) in [6.45, 7) is 3.22. The summed E-state index contributed by atoms with van der Waals surface area (Å²) in [5.41, 5.74) is 0.455. The lowest BCUT2D eigenvalue weighted by Crippen LogP contribution is -2.49. The fourth-order valence-corrected chi connectivity index (χ4v) is 4.55. The fraction of sp³-hybridized carbons (Fsp3) is 0.632. The molecule has 0 bridgehead atoms. The van der Waals surface area contributed by atoms with E-state index in [2.05, 4.69) is 10.6 Å². The first-order valence-electron chi connectivity index (χ1n) is 9.35. The van der Waals surface area contributed by atoms with Crippen molar-refractivity contribution < 1.29 is 23.1 Å². The van der Waals surface area contributed by atoms with Gasteiger partial charge in [-0.3, -0.25) is 4.90 Å². The Morgan fingerprint density at radius 1 is 1.30 bits per heavy atom. The molecule has 1 saturated heterocycles. The summed E-state index contributed by atoms with van der Waals surface area (Å²) in [5, 5.41) is 16.7. The van der Waals surface area contributed by atoms with Gasteiger partial charge in [-0.1, -0.05) is 13.0 Å². The summed E-state index contributed by atoms with van der Waals surface area (Å²) in [6.07, 6.45) is -2.36. The van der Waals surface area contributed by atoms with Crippen LogP contribution in [0.4, 0.5) is 18.0 Å². The number of fused-ring (bicyclic) bond motifs is 1. The molecule has 148 valence electrons. The Bertz CT molecular complexity index is 750. The van der Waals surface area contributed by atoms with Gasteiger partial charge in [0.1, 0.15) is 6.23 Å². The summed E-state index contributed by atoms with van der Waals surface area (Å²) < 4.78 is 38.8. The average Bonchev–Trinajstić information content (AvgIpc) is 3.27. The van der Waals surface area contributed by atoms with E-state index in [1.165, 1.54) is 12.1 Å². The average molecular weight is 383 g/mol. The predicted molar refractivity (Wildman–Crippen MR) is 92.5 cm³/mol. The number of nitrogens with one attached hydrogen (secondary N) is 2. The van der Waals surface area contributed by atoms with E-state index in [-0.39, 0.29) is 17.5 Å². The van der Waals surface area contributed by atoms with E-state index < -0.39 is 18.0 Å². The van der Waals surface area contributed by atoms with Gasteiger partial charge in [-0.25, -0.2) is 4.79 Å². The SMILES string of the molecule is CC(C[C@]1(C2CC2)CNC(=O)N1)C(O)N1Cc2ccc(C(F)(F)F)cc2C1. The van der Waals surface area contributed by atoms with Gasteiger partial charge in [0.2, 0.25) is 0 Å². The molecule has 3 N–H and O–H groups in total. The molecular formula is C19H24F3N3O2. The number of urea groups is 1. The van der Waals surface area contributed by atoms with Crippen LogP contribution in [0.1, 0.15) is 42.9 Å². The minimum absolute atomic E-state index is 0.123. The number of hydrogen-bond acceptors (Lipinski definition) is 3. The zero-order valence-corrected chi connectivity index (χ0v) is 15.1. The van der Waals surface area contributed by atoms with Gasteiger partial charge in [-0.05, 0) is 54.4 Å². The third-order valence-electron chi connectivity index (χ3n) is 6.14. The van der Waals surface area contributed by atoms with E-state index in [1.54, 1.807) is 4.90 Å². The molecule has 27 heavy (non-hydrogen) atoms. The van der Waals surface area contributed by atoms with Crippen LogP contribution in [0.25, 0.3) is 0 Å². The molecule has 3 atom stereocenters. The molecular weight excluding hydrogens is 359 g/mol. The molecule has 3 aliphatic rings. The lowest BCUT2D eigenvalue weighted by atomic mass is 9.83. The van der Waals surface area contributed by atoms with Crippen molar-refractivity contribution in [3.8, 4) is 0 Å². The van der Waals surface area contributed by atoms with E-state index in [9.17, 15) is 23.1 Å². The molecule has 2 amide bonds. The highest BCUT2D eigenvalue weighted by Gasteiger charge is 2.50. The van der Waals surface area contributed by atoms with Crippen molar-refractivity contribution in [3.05, 3.63) is 34.9 Å². The standard InChI is InChI=1S/C19H24F3N3O2/c1-11(7-18(14-4-5-14)10-23-17(27)24-18)16(26)25-8-12-2-3-15(19(20,21)22)6-13(12)9-25/h2-3,6,11,14,16,26H,4-5,7-10H2,1H3,(H2,23,24,27)/t11?,16?,18-/m1/s1. The molecule has 2 heterocycles. The number of aliphatic hydroxyl groups excluding tert-OH is 1. The zero-order valence-electron chi connectivity index (χ0n) is 15.1. The quantitative estimate of drug-likeness (QED) is 0.733. The molecule has 8 heteroatoms. The Morgan fingerprint density at radius 3 is 2.59 bits per heavy atom. The maximum absolute atomic E-state index is 12.9. The van der Waals surface area contributed by atoms with Gasteiger partial charge in [0, 0.05) is 19.6 Å². The van der Waals surface area contributed by atoms with Crippen LogP contribution in [-0.2, 0) is 19.3 Å². The second kappa shape index (κ2) is 6.38. The highest BCUT2D eigenvalue weighted by molar-refractivity contribution is 5.77. The van der Waals surface area contributed by atoms with E-state index in [0.717, 1.165) is 24.5 Å². The number of halogens is 3. The Hall–Kier alpha value is -1.80. The Morgan fingerprint density at radius 2 is 2.00 bits per heavy atom. The third-order valence-corrected chi connectivity index (χ3v) is 6.14. The maximum Gasteiger partial charge on any atom is 0.416 e. The van der Waals surface area contributed by atoms with Crippen molar-refractivity contribution >= 4 is 6.03 Å². The first kappa shape index (κ1) is 18.6. The lowest BCUT2D eigenvalue weighted by molar-refractivity contribution is -0.137. The fourth-order valence-electron chi connectivity index (χ4n) is 4.55. The van der Waals surface area contributed by atoms with Gasteiger partial charge in [0.05, 0.1) is 11.1 Å². The van der Waals surface area contributed by atoms with Gasteiger partial charge in [-0.2, -0.15) is 13.2 Å². The highest BCUT2D eigenvalue weighted by atomic mass is 19.4. The van der Waals surface area contributed by atoms with Crippen molar-refractivity contribution in [1.82, 2.24) is 15.5 Å². The van der Waals surface area contributed by atoms with Crippen molar-refractivity contribution in [2.24, 2.45) is 11.8 Å². The van der Waals surface area contributed by atoms with Crippen LogP contribution in [0.2, 0.25) is 0 Å². The smallest absolute Gasteiger partial charge is 0.378 e. The Labute approximate surface area is 155 Å². The molecule has 2 unspecified atom stereocenters. The van der Waals surface area contributed by atoms with Gasteiger partial charge < -0.3 is 15.7 Å². The first-order valence-corrected chi connectivity index (χ1v) is 9.35. The molecule has 5 nitrogen and oxygen atoms in total. The third kappa shape index (κ3) is 3.52. The number of alkyl halides is 3. The number of carbonyl (C=O) groups excluding carboxylic acids is 1. The molecule has 2 fully saturated rings. The monoisotopic (exact) mass is 383 g/mol. The molecule has 1 aromatic carbocycles. The number of hydrogen-bond donors (Lipinski definition) is 3. The van der Waals surface area contributed by atoms with Crippen molar-refractivity contribution in [2.45, 2.75) is 57.2 Å². The van der Waals surface area contributed by atoms with Crippen LogP contribution in [0.5, 0.6) is 0 Å². The molecule has 1 aliphatic carbocycles. The molecule has 1 saturated carbocycles. The summed E-state index contributed by atoms with van der Waals surface area (Å²) in [6, 6.07) is 3.61. The van der Waals surface area contributed by atoms with Crippen molar-refractivity contribution in [2.75, 3.05) is 6.54 Å². The van der Waals surface area contributed by atoms with E-state index in [4.69, 9.17) is 0 Å². The van der Waals surface area contributed by atoms with Crippen LogP contribution < -0.4 is 10.6 Å². The molecule has 0 spiro atoms. The van der Waals surface area contributed by atoms with E-state index in [1.807, 2.05) is 6.92 Å². The van der Waals surface area contributed by atoms with Gasteiger partial charge >= 0.3 is 12.2 Å². The van der Waals surface area contributed by atoms with Crippen LogP contribution in [0, 0.1) is 11.8 Å². The van der Waals surface area contributed by atoms with Gasteiger partial charge in [-0.15, -0.1) is 0 Å². The second-order valence-electron chi connectivity index (χ2n) is 8.22. The van der Waals surface area contributed by atoms with Gasteiger partial charge in [0.25, 0.3) is 0 Å². The number of nitrogens with zero attached hydrogens (tertiary/aromatic N) is 1. The topological polar surface area (TPSA) is 64.6 Å². The maximum atomic E-state index is 12.9. The largest absolute Gasteiger partial charge is 0.416 e. The number of rotatable bonds is 5. The second-order valence-corrected chi connectivity index (χ2v) is 8.22.